The van der Waals surface area contributed by atoms with Crippen LogP contribution < -0.4 is 10.6 Å². The van der Waals surface area contributed by atoms with Gasteiger partial charge in [-0.1, -0.05) is 58.3 Å². The van der Waals surface area contributed by atoms with Gasteiger partial charge in [-0.2, -0.15) is 0 Å². The third-order valence-corrected chi connectivity index (χ3v) is 6.51. The molecule has 1 rings (SSSR count). The van der Waals surface area contributed by atoms with Gasteiger partial charge < -0.3 is 14.7 Å². The maximum Gasteiger partial charge on any atom is 0.271 e. The van der Waals surface area contributed by atoms with Crippen molar-refractivity contribution >= 4 is 36.3 Å². The molecule has 0 aromatic heterocycles. The quantitative estimate of drug-likeness (QED) is 0.120. The molecule has 32 heavy (non-hydrogen) atoms. The largest absolute Gasteiger partial charge is 0.362 e. The lowest BCUT2D eigenvalue weighted by Gasteiger charge is -2.24. The van der Waals surface area contributed by atoms with E-state index in [-0.39, 0.29) is 34.7 Å². The summed E-state index contributed by atoms with van der Waals surface area (Å²) >= 11 is 0. The van der Waals surface area contributed by atoms with Crippen LogP contribution in [0.2, 0.25) is 0 Å². The van der Waals surface area contributed by atoms with E-state index in [1.807, 2.05) is 21.1 Å². The van der Waals surface area contributed by atoms with Crippen molar-refractivity contribution < 1.29 is 23.9 Å². The van der Waals surface area contributed by atoms with Gasteiger partial charge in [-0.25, -0.2) is 0 Å². The third-order valence-electron chi connectivity index (χ3n) is 5.05. The number of quaternary nitrogens is 1. The van der Waals surface area contributed by atoms with Crippen molar-refractivity contribution in [3.63, 3.8) is 0 Å². The first kappa shape index (κ1) is 28.1. The summed E-state index contributed by atoms with van der Waals surface area (Å²) in [4.78, 5) is 46.1. The number of likely N-dealkylation sites (N-methyl/N-ethyl adjacent to an activating group) is 1. The Hall–Kier alpha value is -1.89. The number of amides is 1. The molecule has 1 amide bonds. The summed E-state index contributed by atoms with van der Waals surface area (Å²) in [5.74, 6) is -0.267. The molecule has 180 valence electrons. The molecule has 1 atom stereocenters. The second kappa shape index (κ2) is 14.3. The fourth-order valence-corrected chi connectivity index (χ4v) is 4.73. The summed E-state index contributed by atoms with van der Waals surface area (Å²) in [5.41, 5.74) is -0.408. The number of nitro benzene ring substituents is 1. The lowest BCUT2D eigenvalue weighted by molar-refractivity contribution is -0.861. The molecule has 1 unspecified atom stereocenters. The number of nitro groups is 1. The molecule has 0 bridgehead atoms. The predicted molar refractivity (Wildman–Crippen MR) is 130 cm³/mol. The number of carbonyl (C=O) groups excluding carboxylic acids is 2. The minimum absolute atomic E-state index is 0.116. The Morgan fingerprint density at radius 2 is 1.59 bits per heavy atom. The maximum atomic E-state index is 12.5. The van der Waals surface area contributed by atoms with Crippen molar-refractivity contribution in [2.45, 2.75) is 71.1 Å². The van der Waals surface area contributed by atoms with Crippen molar-refractivity contribution in [1.82, 2.24) is 0 Å². The van der Waals surface area contributed by atoms with Crippen LogP contribution in [0.4, 0.5) is 11.4 Å². The van der Waals surface area contributed by atoms with E-state index in [2.05, 4.69) is 12.2 Å². The molecule has 9 heteroatoms. The minimum Gasteiger partial charge on any atom is -0.362 e. The van der Waals surface area contributed by atoms with Gasteiger partial charge in [-0.05, 0) is 12.5 Å². The van der Waals surface area contributed by atoms with Gasteiger partial charge in [0.05, 0.1) is 31.8 Å². The normalized spacial score (nSPS) is 12.4. The second-order valence-corrected chi connectivity index (χ2v) is 10.8. The van der Waals surface area contributed by atoms with E-state index in [1.165, 1.54) is 56.7 Å². The minimum atomic E-state index is -2.20. The highest BCUT2D eigenvalue weighted by Crippen LogP contribution is 2.35. The predicted octanol–water partition coefficient (Wildman–Crippen LogP) is 4.70. The van der Waals surface area contributed by atoms with E-state index >= 15 is 0 Å². The van der Waals surface area contributed by atoms with Crippen molar-refractivity contribution in [1.29, 1.82) is 0 Å². The van der Waals surface area contributed by atoms with Crippen LogP contribution in [0.25, 0.3) is 0 Å². The lowest BCUT2D eigenvalue weighted by Crippen LogP contribution is -2.39. The van der Waals surface area contributed by atoms with Gasteiger partial charge in [-0.15, -0.1) is 0 Å². The number of hydrogen-bond donors (Lipinski definition) is 2. The zero-order valence-electron chi connectivity index (χ0n) is 19.9. The van der Waals surface area contributed by atoms with E-state index in [1.54, 1.807) is 0 Å². The SMILES string of the molecule is CCCCCCCCCCCC(=O)Nc1cc([N+](=O)[O-])ccc1P(O)C(=O)C[N+](C)(C)C. The van der Waals surface area contributed by atoms with E-state index in [4.69, 9.17) is 0 Å². The molecule has 0 aliphatic carbocycles. The Kier molecular flexibility index (Phi) is 12.6. The Labute approximate surface area is 193 Å². The third kappa shape index (κ3) is 11.1. The summed E-state index contributed by atoms with van der Waals surface area (Å²) in [6.45, 7) is 2.32. The molecular weight excluding hydrogens is 429 g/mol. The van der Waals surface area contributed by atoms with Crippen LogP contribution in [0, 0.1) is 10.1 Å². The van der Waals surface area contributed by atoms with Crippen LogP contribution in [-0.2, 0) is 9.59 Å². The van der Waals surface area contributed by atoms with Crippen molar-refractivity contribution in [2.75, 3.05) is 33.0 Å². The van der Waals surface area contributed by atoms with E-state index in [0.717, 1.165) is 19.3 Å². The van der Waals surface area contributed by atoms with Crippen LogP contribution >= 0.6 is 8.15 Å². The number of carbonyl (C=O) groups is 2. The number of benzene rings is 1. The molecule has 0 aliphatic heterocycles. The highest BCUT2D eigenvalue weighted by Gasteiger charge is 2.27. The molecule has 0 spiro atoms. The Bertz CT molecular complexity index is 764. The fourth-order valence-electron chi connectivity index (χ4n) is 3.34. The molecule has 0 radical (unpaired) electrons. The summed E-state index contributed by atoms with van der Waals surface area (Å²) in [5, 5.41) is 14.1. The van der Waals surface area contributed by atoms with Crippen molar-refractivity contribution in [3.05, 3.63) is 28.3 Å². The molecule has 0 saturated heterocycles. The molecule has 2 N–H and O–H groups in total. The first-order valence-corrected chi connectivity index (χ1v) is 12.7. The zero-order valence-corrected chi connectivity index (χ0v) is 20.8. The first-order chi connectivity index (χ1) is 15.0. The number of rotatable bonds is 16. The smallest absolute Gasteiger partial charge is 0.271 e. The monoisotopic (exact) mass is 468 g/mol. The van der Waals surface area contributed by atoms with Crippen LogP contribution in [0.15, 0.2) is 18.2 Å². The number of nitrogens with zero attached hydrogens (tertiary/aromatic N) is 2. The Balaban J connectivity index is 2.67. The van der Waals surface area contributed by atoms with Gasteiger partial charge in [0.1, 0.15) is 14.7 Å². The van der Waals surface area contributed by atoms with Crippen LogP contribution in [0.5, 0.6) is 0 Å². The molecule has 0 aliphatic rings. The standard InChI is InChI=1S/C23H38N3O5P/c1-5-6-7-8-9-10-11-12-13-14-22(27)24-20-17-19(25(29)30)15-16-21(20)32(31)23(28)18-26(2,3)4/h15-17,31H,5-14,18H2,1-4H3/p+1. The molecule has 8 nitrogen and oxygen atoms in total. The highest BCUT2D eigenvalue weighted by molar-refractivity contribution is 7.76. The summed E-state index contributed by atoms with van der Waals surface area (Å²) < 4.78 is 0.353. The molecule has 1 aromatic carbocycles. The summed E-state index contributed by atoms with van der Waals surface area (Å²) in [7, 11) is 3.31. The maximum absolute atomic E-state index is 12.5. The van der Waals surface area contributed by atoms with E-state index in [9.17, 15) is 24.6 Å². The number of non-ortho nitro benzene ring substituents is 1. The molecule has 1 aromatic rings. The van der Waals surface area contributed by atoms with E-state index < -0.39 is 13.1 Å². The van der Waals surface area contributed by atoms with Gasteiger partial charge in [0.2, 0.25) is 11.4 Å². The lowest BCUT2D eigenvalue weighted by atomic mass is 10.1. The Morgan fingerprint density at radius 3 is 2.12 bits per heavy atom. The van der Waals surface area contributed by atoms with Gasteiger partial charge >= 0.3 is 0 Å². The topological polar surface area (TPSA) is 110 Å². The molecule has 0 saturated carbocycles. The van der Waals surface area contributed by atoms with Gasteiger partial charge in [0, 0.05) is 23.9 Å². The Morgan fingerprint density at radius 1 is 1.03 bits per heavy atom. The average Bonchev–Trinajstić information content (AvgIpc) is 2.70. The number of hydrogen-bond acceptors (Lipinski definition) is 5. The number of anilines is 1. The fraction of sp³-hybridized carbons (Fsp3) is 0.652. The van der Waals surface area contributed by atoms with Crippen LogP contribution in [-0.4, -0.2) is 53.4 Å². The second-order valence-electron chi connectivity index (χ2n) is 9.24. The van der Waals surface area contributed by atoms with Crippen molar-refractivity contribution in [3.8, 4) is 0 Å². The first-order valence-electron chi connectivity index (χ1n) is 11.5. The van der Waals surface area contributed by atoms with Crippen LogP contribution in [0.3, 0.4) is 0 Å². The van der Waals surface area contributed by atoms with Gasteiger partial charge in [-0.3, -0.25) is 19.7 Å². The summed E-state index contributed by atoms with van der Waals surface area (Å²) in [6, 6.07) is 3.83. The van der Waals surface area contributed by atoms with Crippen LogP contribution in [0.1, 0.15) is 71.1 Å². The van der Waals surface area contributed by atoms with E-state index in [0.29, 0.717) is 10.9 Å². The number of nitrogens with one attached hydrogen (secondary N) is 1. The number of unbranched alkanes of at least 4 members (excludes halogenated alkanes) is 8. The van der Waals surface area contributed by atoms with Gasteiger partial charge in [0.15, 0.2) is 0 Å². The zero-order chi connectivity index (χ0) is 24.1. The van der Waals surface area contributed by atoms with Gasteiger partial charge in [0.25, 0.3) is 5.69 Å². The highest BCUT2D eigenvalue weighted by atomic mass is 31.1. The molecule has 0 fully saturated rings. The van der Waals surface area contributed by atoms with Crippen molar-refractivity contribution in [2.24, 2.45) is 0 Å². The molecular formula is C23H39N3O5P+. The summed E-state index contributed by atoms with van der Waals surface area (Å²) in [6.07, 6.45) is 10.6. The molecule has 0 heterocycles. The average molecular weight is 469 g/mol.